The lowest BCUT2D eigenvalue weighted by atomic mass is 9.79. The van der Waals surface area contributed by atoms with Crippen molar-refractivity contribution in [3.05, 3.63) is 100 Å². The van der Waals surface area contributed by atoms with Gasteiger partial charge < -0.3 is 9.84 Å². The fraction of sp³-hybridized carbons (Fsp3) is 0.292. The molecule has 0 amide bonds. The predicted molar refractivity (Wildman–Crippen MR) is 117 cm³/mol. The summed E-state index contributed by atoms with van der Waals surface area (Å²) in [5.74, 6) is -1.04. The Bertz CT molecular complexity index is 1050. The number of aromatic nitrogens is 1. The number of benzene rings is 2. The van der Waals surface area contributed by atoms with Crippen LogP contribution in [0, 0.1) is 5.82 Å². The summed E-state index contributed by atoms with van der Waals surface area (Å²) < 4.78 is 60.1. The Hall–Kier alpha value is -2.52. The zero-order valence-electron chi connectivity index (χ0n) is 17.7. The molecule has 33 heavy (non-hydrogen) atoms. The van der Waals surface area contributed by atoms with E-state index in [0.717, 1.165) is 17.7 Å². The summed E-state index contributed by atoms with van der Waals surface area (Å²) in [6, 6.07) is 14.5. The van der Waals surface area contributed by atoms with Crippen molar-refractivity contribution in [1.29, 1.82) is 0 Å². The van der Waals surface area contributed by atoms with Crippen LogP contribution in [0.5, 0.6) is 0 Å². The first kappa shape index (κ1) is 25.1. The van der Waals surface area contributed by atoms with Crippen molar-refractivity contribution in [2.45, 2.75) is 24.2 Å². The number of ether oxygens (including phenoxy) is 1. The first-order valence-electron chi connectivity index (χ1n) is 10.1. The molecule has 0 saturated carbocycles. The molecule has 0 bridgehead atoms. The first-order valence-corrected chi connectivity index (χ1v) is 10.5. The van der Waals surface area contributed by atoms with Crippen LogP contribution in [-0.4, -0.2) is 36.5 Å². The van der Waals surface area contributed by atoms with Gasteiger partial charge in [-0.3, -0.25) is 10.3 Å². The highest BCUT2D eigenvalue weighted by Crippen LogP contribution is 2.37. The third kappa shape index (κ3) is 6.29. The van der Waals surface area contributed by atoms with Crippen LogP contribution in [0.1, 0.15) is 22.4 Å². The Balaban J connectivity index is 2.23. The average molecular weight is 483 g/mol. The van der Waals surface area contributed by atoms with Gasteiger partial charge in [-0.2, -0.15) is 13.2 Å². The normalized spacial score (nSPS) is 14.6. The molecule has 0 radical (unpaired) electrons. The maximum Gasteiger partial charge on any atom is 0.416 e. The number of hydrogen-bond acceptors (Lipinski definition) is 4. The molecule has 176 valence electrons. The van der Waals surface area contributed by atoms with Crippen LogP contribution in [0.4, 0.5) is 17.6 Å². The van der Waals surface area contributed by atoms with Gasteiger partial charge in [0.05, 0.1) is 34.5 Å². The zero-order chi connectivity index (χ0) is 24.1. The molecule has 0 aliphatic rings. The summed E-state index contributed by atoms with van der Waals surface area (Å²) in [6.07, 6.45) is -4.22. The zero-order valence-corrected chi connectivity index (χ0v) is 18.5. The molecular formula is C24H23ClF4N2O2. The van der Waals surface area contributed by atoms with Crippen LogP contribution in [-0.2, 0) is 22.9 Å². The third-order valence-corrected chi connectivity index (χ3v) is 5.42. The molecule has 0 aliphatic carbocycles. The quantitative estimate of drug-likeness (QED) is 0.423. The summed E-state index contributed by atoms with van der Waals surface area (Å²) in [5, 5.41) is 13.8. The van der Waals surface area contributed by atoms with Gasteiger partial charge in [-0.05, 0) is 41.5 Å². The van der Waals surface area contributed by atoms with E-state index in [1.807, 2.05) is 18.2 Å². The summed E-state index contributed by atoms with van der Waals surface area (Å²) in [4.78, 5) is 4.36. The summed E-state index contributed by atoms with van der Waals surface area (Å²) >= 11 is 6.00. The van der Waals surface area contributed by atoms with Crippen molar-refractivity contribution in [3.63, 3.8) is 0 Å². The maximum absolute atomic E-state index is 14.5. The smallest absolute Gasteiger partial charge is 0.389 e. The molecule has 3 rings (SSSR count). The molecule has 0 aliphatic heterocycles. The molecule has 1 aromatic heterocycles. The number of halogens is 5. The van der Waals surface area contributed by atoms with E-state index < -0.39 is 29.2 Å². The molecule has 2 aromatic carbocycles. The fourth-order valence-corrected chi connectivity index (χ4v) is 3.78. The highest BCUT2D eigenvalue weighted by atomic mass is 35.5. The van der Waals surface area contributed by atoms with Gasteiger partial charge in [-0.15, -0.1) is 0 Å². The molecule has 3 aromatic rings. The molecule has 0 saturated heterocycles. The number of nitrogens with one attached hydrogen (secondary N) is 1. The van der Waals surface area contributed by atoms with E-state index in [-0.39, 0.29) is 25.1 Å². The van der Waals surface area contributed by atoms with Gasteiger partial charge >= 0.3 is 6.18 Å². The molecule has 4 nitrogen and oxygen atoms in total. The second-order valence-electron chi connectivity index (χ2n) is 7.65. The van der Waals surface area contributed by atoms with E-state index >= 15 is 0 Å². The van der Waals surface area contributed by atoms with Gasteiger partial charge in [-0.1, -0.05) is 41.9 Å². The molecule has 2 atom stereocenters. The minimum absolute atomic E-state index is 0.000580. The molecular weight excluding hydrogens is 460 g/mol. The lowest BCUT2D eigenvalue weighted by Gasteiger charge is -2.37. The van der Waals surface area contributed by atoms with E-state index in [0.29, 0.717) is 16.8 Å². The Morgan fingerprint density at radius 3 is 2.36 bits per heavy atom. The van der Waals surface area contributed by atoms with Crippen LogP contribution in [0.15, 0.2) is 66.9 Å². The van der Waals surface area contributed by atoms with Crippen molar-refractivity contribution in [3.8, 4) is 0 Å². The van der Waals surface area contributed by atoms with Crippen LogP contribution >= 0.6 is 11.6 Å². The van der Waals surface area contributed by atoms with Gasteiger partial charge in [0.1, 0.15) is 5.82 Å². The summed E-state index contributed by atoms with van der Waals surface area (Å²) in [5.41, 5.74) is -1.44. The second-order valence-corrected chi connectivity index (χ2v) is 8.08. The van der Waals surface area contributed by atoms with E-state index in [2.05, 4.69) is 10.3 Å². The fourth-order valence-electron chi connectivity index (χ4n) is 3.67. The SMILES string of the molecule is COCC(O)CN[C@@](Cc1ccccc1)(c1cc(F)cc(C(F)(F)F)c1)c1ccc(Cl)cn1. The number of aliphatic hydroxyl groups excluding tert-OH is 1. The summed E-state index contributed by atoms with van der Waals surface area (Å²) in [7, 11) is 1.42. The molecule has 1 heterocycles. The maximum atomic E-state index is 14.5. The van der Waals surface area contributed by atoms with E-state index in [1.165, 1.54) is 13.3 Å². The lowest BCUT2D eigenvalue weighted by molar-refractivity contribution is -0.137. The molecule has 9 heteroatoms. The van der Waals surface area contributed by atoms with Crippen molar-refractivity contribution in [2.24, 2.45) is 0 Å². The van der Waals surface area contributed by atoms with Crippen LogP contribution in [0.3, 0.4) is 0 Å². The Morgan fingerprint density at radius 1 is 1.06 bits per heavy atom. The number of alkyl halides is 3. The van der Waals surface area contributed by atoms with Gasteiger partial charge in [-0.25, -0.2) is 4.39 Å². The highest BCUT2D eigenvalue weighted by Gasteiger charge is 2.39. The number of pyridine rings is 1. The Morgan fingerprint density at radius 2 is 1.76 bits per heavy atom. The Labute approximate surface area is 194 Å². The number of rotatable bonds is 9. The number of aliphatic hydroxyl groups is 1. The largest absolute Gasteiger partial charge is 0.416 e. The highest BCUT2D eigenvalue weighted by molar-refractivity contribution is 6.30. The van der Waals surface area contributed by atoms with Crippen molar-refractivity contribution >= 4 is 11.6 Å². The van der Waals surface area contributed by atoms with Gasteiger partial charge in [0.2, 0.25) is 0 Å². The van der Waals surface area contributed by atoms with Crippen LogP contribution in [0.25, 0.3) is 0 Å². The standard InChI is InChI=1S/C24H23ClF4N2O2/c1-33-15-21(32)14-31-23(12-16-5-3-2-4-6-16,22-8-7-19(25)13-30-22)17-9-18(24(27,28)29)11-20(26)10-17/h2-11,13,21,31-32H,12,14-15H2,1H3/t21?,23-/m0/s1. The second kappa shape index (κ2) is 10.6. The van der Waals surface area contributed by atoms with E-state index in [9.17, 15) is 22.7 Å². The van der Waals surface area contributed by atoms with Gasteiger partial charge in [0, 0.05) is 26.3 Å². The topological polar surface area (TPSA) is 54.4 Å². The first-order chi connectivity index (χ1) is 15.6. The van der Waals surface area contributed by atoms with Gasteiger partial charge in [0.15, 0.2) is 0 Å². The van der Waals surface area contributed by atoms with Crippen molar-refractivity contribution in [2.75, 3.05) is 20.3 Å². The number of methoxy groups -OCH3 is 1. The molecule has 2 N–H and O–H groups in total. The lowest BCUT2D eigenvalue weighted by Crippen LogP contribution is -2.49. The number of hydrogen-bond donors (Lipinski definition) is 2. The van der Waals surface area contributed by atoms with Crippen LogP contribution in [0.2, 0.25) is 5.02 Å². The minimum atomic E-state index is -4.75. The monoisotopic (exact) mass is 482 g/mol. The molecule has 1 unspecified atom stereocenters. The molecule has 0 spiro atoms. The van der Waals surface area contributed by atoms with Crippen molar-refractivity contribution in [1.82, 2.24) is 10.3 Å². The van der Waals surface area contributed by atoms with E-state index in [1.54, 1.807) is 24.3 Å². The van der Waals surface area contributed by atoms with Crippen molar-refractivity contribution < 1.29 is 27.4 Å². The van der Waals surface area contributed by atoms with Gasteiger partial charge in [0.25, 0.3) is 0 Å². The third-order valence-electron chi connectivity index (χ3n) is 5.19. The van der Waals surface area contributed by atoms with E-state index in [4.69, 9.17) is 16.3 Å². The minimum Gasteiger partial charge on any atom is -0.389 e. The molecule has 0 fully saturated rings. The number of nitrogens with zero attached hydrogens (tertiary/aromatic N) is 1. The predicted octanol–water partition coefficient (Wildman–Crippen LogP) is 4.98. The Kier molecular flexibility index (Phi) is 8.07. The average Bonchev–Trinajstić information content (AvgIpc) is 2.77. The van der Waals surface area contributed by atoms with Crippen LogP contribution < -0.4 is 5.32 Å². The summed E-state index contributed by atoms with van der Waals surface area (Å²) in [6.45, 7) is -0.0533.